The smallest absolute Gasteiger partial charge is 0.0695 e. The molecule has 0 aromatic rings. The van der Waals surface area contributed by atoms with Crippen LogP contribution in [-0.2, 0) is 0 Å². The molecule has 3 nitrogen and oxygen atoms in total. The Hall–Kier alpha value is -0.120. The van der Waals surface area contributed by atoms with E-state index in [1.807, 2.05) is 0 Å². The fourth-order valence-electron chi connectivity index (χ4n) is 3.36. The molecule has 0 amide bonds. The lowest BCUT2D eigenvalue weighted by Gasteiger charge is -2.43. The maximum atomic E-state index is 10.3. The topological polar surface area (TPSA) is 26.7 Å². The van der Waals surface area contributed by atoms with Crippen molar-refractivity contribution in [1.82, 2.24) is 9.80 Å². The van der Waals surface area contributed by atoms with Gasteiger partial charge in [0.25, 0.3) is 0 Å². The molecule has 1 aliphatic carbocycles. The Morgan fingerprint density at radius 1 is 1.06 bits per heavy atom. The number of hydrogen-bond donors (Lipinski definition) is 1. The van der Waals surface area contributed by atoms with Gasteiger partial charge in [0.1, 0.15) is 0 Å². The molecule has 1 aliphatic heterocycles. The number of rotatable bonds is 3. The molecule has 0 spiro atoms. The fourth-order valence-corrected chi connectivity index (χ4v) is 3.36. The number of nitrogens with zero attached hydrogens (tertiary/aromatic N) is 2. The molecular weight excluding hydrogens is 224 g/mol. The van der Waals surface area contributed by atoms with Crippen molar-refractivity contribution in [2.24, 2.45) is 5.92 Å². The Balaban J connectivity index is 1.73. The Labute approximate surface area is 112 Å². The minimum Gasteiger partial charge on any atom is -0.392 e. The molecule has 106 valence electrons. The molecule has 1 atom stereocenters. The van der Waals surface area contributed by atoms with Gasteiger partial charge >= 0.3 is 0 Å². The molecule has 2 rings (SSSR count). The zero-order valence-electron chi connectivity index (χ0n) is 12.4. The number of hydrogen-bond acceptors (Lipinski definition) is 3. The first-order valence-corrected chi connectivity index (χ1v) is 7.62. The summed E-state index contributed by atoms with van der Waals surface area (Å²) in [6.07, 6.45) is 5.03. The van der Waals surface area contributed by atoms with Crippen molar-refractivity contribution < 1.29 is 5.11 Å². The lowest BCUT2D eigenvalue weighted by Crippen LogP contribution is -2.54. The highest BCUT2D eigenvalue weighted by atomic mass is 16.3. The Morgan fingerprint density at radius 3 is 2.11 bits per heavy atom. The summed E-state index contributed by atoms with van der Waals surface area (Å²) in [6, 6.07) is 0. The van der Waals surface area contributed by atoms with Crippen molar-refractivity contribution in [1.29, 1.82) is 0 Å². The van der Waals surface area contributed by atoms with E-state index in [0.717, 1.165) is 32.7 Å². The predicted octanol–water partition coefficient (Wildman–Crippen LogP) is 1.95. The molecule has 18 heavy (non-hydrogen) atoms. The quantitative estimate of drug-likeness (QED) is 0.834. The molecule has 0 aromatic carbocycles. The molecule has 1 N–H and O–H groups in total. The van der Waals surface area contributed by atoms with Gasteiger partial charge in [-0.05, 0) is 39.5 Å². The van der Waals surface area contributed by atoms with E-state index < -0.39 is 0 Å². The zero-order valence-corrected chi connectivity index (χ0v) is 12.4. The highest BCUT2D eigenvalue weighted by Crippen LogP contribution is 2.28. The summed E-state index contributed by atoms with van der Waals surface area (Å²) in [5, 5.41) is 10.3. The second-order valence-corrected chi connectivity index (χ2v) is 7.07. The van der Waals surface area contributed by atoms with E-state index in [1.54, 1.807) is 0 Å². The van der Waals surface area contributed by atoms with E-state index in [1.165, 1.54) is 25.7 Å². The number of β-amino-alcohol motifs (C(OH)–C–C–N with tert-alkyl or cyclic N) is 1. The minimum absolute atomic E-state index is 0.0892. The van der Waals surface area contributed by atoms with Crippen LogP contribution in [0.25, 0.3) is 0 Å². The molecule has 2 fully saturated rings. The highest BCUT2D eigenvalue weighted by molar-refractivity contribution is 4.84. The predicted molar refractivity (Wildman–Crippen MR) is 75.7 cm³/mol. The lowest BCUT2D eigenvalue weighted by atomic mass is 10.00. The van der Waals surface area contributed by atoms with Gasteiger partial charge in [-0.15, -0.1) is 0 Å². The number of aliphatic hydroxyl groups excluding tert-OH is 1. The van der Waals surface area contributed by atoms with Gasteiger partial charge in [0.05, 0.1) is 6.10 Å². The zero-order chi connectivity index (χ0) is 13.2. The monoisotopic (exact) mass is 254 g/mol. The van der Waals surface area contributed by atoms with Gasteiger partial charge in [0.2, 0.25) is 0 Å². The van der Waals surface area contributed by atoms with Gasteiger partial charge in [-0.25, -0.2) is 0 Å². The molecule has 1 heterocycles. The fraction of sp³-hybridized carbons (Fsp3) is 1.00. The second kappa shape index (κ2) is 5.89. The molecule has 0 aromatic heterocycles. The third kappa shape index (κ3) is 3.69. The summed E-state index contributed by atoms with van der Waals surface area (Å²) in [6.45, 7) is 12.3. The van der Waals surface area contributed by atoms with Crippen molar-refractivity contribution in [3.8, 4) is 0 Å². The van der Waals surface area contributed by atoms with Crippen molar-refractivity contribution in [3.05, 3.63) is 0 Å². The molecule has 1 unspecified atom stereocenters. The average molecular weight is 254 g/mol. The van der Waals surface area contributed by atoms with Crippen LogP contribution >= 0.6 is 0 Å². The summed E-state index contributed by atoms with van der Waals surface area (Å²) in [4.78, 5) is 5.00. The van der Waals surface area contributed by atoms with E-state index in [9.17, 15) is 5.11 Å². The second-order valence-electron chi connectivity index (χ2n) is 7.07. The Bertz CT molecular complexity index is 248. The van der Waals surface area contributed by atoms with Crippen LogP contribution in [0.2, 0.25) is 0 Å². The van der Waals surface area contributed by atoms with E-state index in [2.05, 4.69) is 30.6 Å². The van der Waals surface area contributed by atoms with E-state index in [-0.39, 0.29) is 11.6 Å². The molecule has 1 saturated carbocycles. The number of piperazine rings is 1. The van der Waals surface area contributed by atoms with Gasteiger partial charge in [0.15, 0.2) is 0 Å². The SMILES string of the molecule is CC(C)(C)N1CCN(CC(O)C2CCCC2)CC1. The van der Waals surface area contributed by atoms with Gasteiger partial charge < -0.3 is 5.11 Å². The summed E-state index contributed by atoms with van der Waals surface area (Å²) in [7, 11) is 0. The van der Waals surface area contributed by atoms with E-state index in [0.29, 0.717) is 5.92 Å². The normalized spacial score (nSPS) is 26.7. The number of aliphatic hydroxyl groups is 1. The third-order valence-electron chi connectivity index (χ3n) is 4.71. The maximum Gasteiger partial charge on any atom is 0.0695 e. The summed E-state index contributed by atoms with van der Waals surface area (Å²) >= 11 is 0. The van der Waals surface area contributed by atoms with Crippen LogP contribution in [-0.4, -0.2) is 59.3 Å². The van der Waals surface area contributed by atoms with Gasteiger partial charge in [-0.2, -0.15) is 0 Å². The lowest BCUT2D eigenvalue weighted by molar-refractivity contribution is 0.0200. The average Bonchev–Trinajstić information content (AvgIpc) is 2.82. The molecule has 2 aliphatic rings. The molecule has 0 radical (unpaired) electrons. The van der Waals surface area contributed by atoms with Crippen LogP contribution in [0, 0.1) is 5.92 Å². The van der Waals surface area contributed by atoms with Crippen molar-refractivity contribution in [2.75, 3.05) is 32.7 Å². The van der Waals surface area contributed by atoms with Crippen LogP contribution in [0.3, 0.4) is 0 Å². The van der Waals surface area contributed by atoms with E-state index >= 15 is 0 Å². The van der Waals surface area contributed by atoms with Crippen LogP contribution in [0.4, 0.5) is 0 Å². The standard InChI is InChI=1S/C15H30N2O/c1-15(2,3)17-10-8-16(9-11-17)12-14(18)13-6-4-5-7-13/h13-14,18H,4-12H2,1-3H3. The van der Waals surface area contributed by atoms with Crippen LogP contribution in [0.1, 0.15) is 46.5 Å². The Morgan fingerprint density at radius 2 is 1.61 bits per heavy atom. The molecule has 3 heteroatoms. The van der Waals surface area contributed by atoms with Crippen LogP contribution in [0.5, 0.6) is 0 Å². The van der Waals surface area contributed by atoms with Crippen LogP contribution < -0.4 is 0 Å². The maximum absolute atomic E-state index is 10.3. The summed E-state index contributed by atoms with van der Waals surface area (Å²) < 4.78 is 0. The largest absolute Gasteiger partial charge is 0.392 e. The van der Waals surface area contributed by atoms with E-state index in [4.69, 9.17) is 0 Å². The third-order valence-corrected chi connectivity index (χ3v) is 4.71. The minimum atomic E-state index is -0.0892. The first-order valence-electron chi connectivity index (χ1n) is 7.62. The van der Waals surface area contributed by atoms with Gasteiger partial charge in [-0.3, -0.25) is 9.80 Å². The van der Waals surface area contributed by atoms with Gasteiger partial charge in [-0.1, -0.05) is 12.8 Å². The first-order chi connectivity index (χ1) is 8.47. The molecule has 1 saturated heterocycles. The summed E-state index contributed by atoms with van der Waals surface area (Å²) in [5.41, 5.74) is 0.288. The molecule has 0 bridgehead atoms. The highest BCUT2D eigenvalue weighted by Gasteiger charge is 2.29. The van der Waals surface area contributed by atoms with Gasteiger partial charge in [0, 0.05) is 38.3 Å². The van der Waals surface area contributed by atoms with Crippen molar-refractivity contribution >= 4 is 0 Å². The van der Waals surface area contributed by atoms with Crippen LogP contribution in [0.15, 0.2) is 0 Å². The Kier molecular flexibility index (Phi) is 4.68. The molecular formula is C15H30N2O. The van der Waals surface area contributed by atoms with Crippen molar-refractivity contribution in [2.45, 2.75) is 58.1 Å². The van der Waals surface area contributed by atoms with Crippen molar-refractivity contribution in [3.63, 3.8) is 0 Å². The first kappa shape index (κ1) is 14.3. The summed E-state index contributed by atoms with van der Waals surface area (Å²) in [5.74, 6) is 0.575.